The van der Waals surface area contributed by atoms with Crippen LogP contribution in [0.15, 0.2) is 24.3 Å². The molecular formula is C14H14FN3O2. The maximum atomic E-state index is 13.8. The molecule has 0 spiro atoms. The number of rotatable bonds is 3. The quantitative estimate of drug-likeness (QED) is 0.934. The van der Waals surface area contributed by atoms with E-state index in [1.54, 1.807) is 19.9 Å². The van der Waals surface area contributed by atoms with Crippen LogP contribution in [-0.4, -0.2) is 23.0 Å². The SMILES string of the molecule is COc1ccc(C(=O)Nc2nc(C)cc(C)n2)c(F)c1. The third-order valence-corrected chi connectivity index (χ3v) is 2.63. The number of hydrogen-bond acceptors (Lipinski definition) is 4. The van der Waals surface area contributed by atoms with Crippen molar-refractivity contribution < 1.29 is 13.9 Å². The van der Waals surface area contributed by atoms with Crippen LogP contribution in [0, 0.1) is 19.7 Å². The molecular weight excluding hydrogens is 261 g/mol. The lowest BCUT2D eigenvalue weighted by molar-refractivity contribution is 0.102. The lowest BCUT2D eigenvalue weighted by atomic mass is 10.2. The molecule has 0 radical (unpaired) electrons. The molecule has 2 aromatic rings. The summed E-state index contributed by atoms with van der Waals surface area (Å²) in [6.07, 6.45) is 0. The predicted octanol–water partition coefficient (Wildman–Crippen LogP) is 2.49. The van der Waals surface area contributed by atoms with Gasteiger partial charge in [0.15, 0.2) is 0 Å². The number of aryl methyl sites for hydroxylation is 2. The molecule has 104 valence electrons. The Balaban J connectivity index is 2.23. The van der Waals surface area contributed by atoms with Gasteiger partial charge in [-0.3, -0.25) is 10.1 Å². The third-order valence-electron chi connectivity index (χ3n) is 2.63. The van der Waals surface area contributed by atoms with E-state index in [9.17, 15) is 9.18 Å². The van der Waals surface area contributed by atoms with Crippen molar-refractivity contribution in [3.63, 3.8) is 0 Å². The summed E-state index contributed by atoms with van der Waals surface area (Å²) in [4.78, 5) is 20.1. The summed E-state index contributed by atoms with van der Waals surface area (Å²) in [5, 5.41) is 2.48. The Labute approximate surface area is 115 Å². The maximum Gasteiger partial charge on any atom is 0.260 e. The van der Waals surface area contributed by atoms with Gasteiger partial charge >= 0.3 is 0 Å². The Kier molecular flexibility index (Phi) is 3.93. The summed E-state index contributed by atoms with van der Waals surface area (Å²) in [6.45, 7) is 3.58. The molecule has 1 amide bonds. The minimum absolute atomic E-state index is 0.0893. The highest BCUT2D eigenvalue weighted by atomic mass is 19.1. The molecule has 0 bridgehead atoms. The molecule has 20 heavy (non-hydrogen) atoms. The largest absolute Gasteiger partial charge is 0.497 e. The van der Waals surface area contributed by atoms with Gasteiger partial charge < -0.3 is 4.74 Å². The highest BCUT2D eigenvalue weighted by Gasteiger charge is 2.14. The minimum Gasteiger partial charge on any atom is -0.497 e. The summed E-state index contributed by atoms with van der Waals surface area (Å²) in [5.41, 5.74) is 1.36. The number of anilines is 1. The zero-order valence-corrected chi connectivity index (χ0v) is 11.4. The van der Waals surface area contributed by atoms with Gasteiger partial charge in [-0.2, -0.15) is 0 Å². The number of ether oxygens (including phenoxy) is 1. The van der Waals surface area contributed by atoms with Gasteiger partial charge in [0.1, 0.15) is 11.6 Å². The standard InChI is InChI=1S/C14H14FN3O2/c1-8-6-9(2)17-14(16-8)18-13(19)11-5-4-10(20-3)7-12(11)15/h4-7H,1-3H3,(H,16,17,18,19). The van der Waals surface area contributed by atoms with Crippen LogP contribution in [0.1, 0.15) is 21.7 Å². The van der Waals surface area contributed by atoms with E-state index in [0.717, 1.165) is 17.5 Å². The molecule has 0 saturated heterocycles. The van der Waals surface area contributed by atoms with Crippen molar-refractivity contribution in [3.05, 3.63) is 47.0 Å². The molecule has 0 atom stereocenters. The number of aromatic nitrogens is 2. The summed E-state index contributed by atoms with van der Waals surface area (Å²) < 4.78 is 18.7. The Bertz CT molecular complexity index is 639. The lowest BCUT2D eigenvalue weighted by Crippen LogP contribution is -2.16. The van der Waals surface area contributed by atoms with E-state index in [0.29, 0.717) is 5.75 Å². The molecule has 1 heterocycles. The summed E-state index contributed by atoms with van der Waals surface area (Å²) in [7, 11) is 1.43. The number of amides is 1. The maximum absolute atomic E-state index is 13.8. The molecule has 0 unspecified atom stereocenters. The molecule has 1 aromatic heterocycles. The van der Waals surface area contributed by atoms with Gasteiger partial charge in [-0.05, 0) is 32.0 Å². The fraction of sp³-hybridized carbons (Fsp3) is 0.214. The van der Waals surface area contributed by atoms with E-state index in [-0.39, 0.29) is 11.5 Å². The average Bonchev–Trinajstić information content (AvgIpc) is 2.36. The Morgan fingerprint density at radius 3 is 2.40 bits per heavy atom. The molecule has 1 aromatic carbocycles. The first-order valence-corrected chi connectivity index (χ1v) is 5.97. The van der Waals surface area contributed by atoms with Crippen LogP contribution in [0.25, 0.3) is 0 Å². The summed E-state index contributed by atoms with van der Waals surface area (Å²) >= 11 is 0. The van der Waals surface area contributed by atoms with Gasteiger partial charge in [0.25, 0.3) is 5.91 Å². The van der Waals surface area contributed by atoms with Crippen molar-refractivity contribution in [2.45, 2.75) is 13.8 Å². The fourth-order valence-corrected chi connectivity index (χ4v) is 1.76. The van der Waals surface area contributed by atoms with Crippen LogP contribution in [0.3, 0.4) is 0 Å². The number of hydrogen-bond donors (Lipinski definition) is 1. The highest BCUT2D eigenvalue weighted by molar-refractivity contribution is 6.03. The van der Waals surface area contributed by atoms with Crippen molar-refractivity contribution in [2.75, 3.05) is 12.4 Å². The number of carbonyl (C=O) groups is 1. The van der Waals surface area contributed by atoms with Crippen LogP contribution in [0.2, 0.25) is 0 Å². The second kappa shape index (κ2) is 5.64. The highest BCUT2D eigenvalue weighted by Crippen LogP contribution is 2.17. The zero-order chi connectivity index (χ0) is 14.7. The summed E-state index contributed by atoms with van der Waals surface area (Å²) in [6, 6.07) is 5.80. The second-order valence-electron chi connectivity index (χ2n) is 4.27. The van der Waals surface area contributed by atoms with E-state index >= 15 is 0 Å². The van der Waals surface area contributed by atoms with E-state index in [1.807, 2.05) is 0 Å². The van der Waals surface area contributed by atoms with Crippen molar-refractivity contribution in [2.24, 2.45) is 0 Å². The minimum atomic E-state index is -0.661. The molecule has 2 rings (SSSR count). The van der Waals surface area contributed by atoms with Gasteiger partial charge in [0.2, 0.25) is 5.95 Å². The molecule has 1 N–H and O–H groups in total. The molecule has 0 fully saturated rings. The monoisotopic (exact) mass is 275 g/mol. The third kappa shape index (κ3) is 3.09. The molecule has 0 aliphatic carbocycles. The van der Waals surface area contributed by atoms with Crippen molar-refractivity contribution >= 4 is 11.9 Å². The normalized spacial score (nSPS) is 10.2. The van der Waals surface area contributed by atoms with Crippen LogP contribution in [-0.2, 0) is 0 Å². The number of nitrogens with zero attached hydrogens (tertiary/aromatic N) is 2. The van der Waals surface area contributed by atoms with Gasteiger partial charge in [0.05, 0.1) is 12.7 Å². The first kappa shape index (κ1) is 13.9. The van der Waals surface area contributed by atoms with E-state index in [4.69, 9.17) is 4.74 Å². The average molecular weight is 275 g/mol. The van der Waals surface area contributed by atoms with Crippen LogP contribution in [0.4, 0.5) is 10.3 Å². The zero-order valence-electron chi connectivity index (χ0n) is 11.4. The van der Waals surface area contributed by atoms with Crippen molar-refractivity contribution in [1.82, 2.24) is 9.97 Å². The number of nitrogens with one attached hydrogen (secondary N) is 1. The van der Waals surface area contributed by atoms with Crippen molar-refractivity contribution in [1.29, 1.82) is 0 Å². The Morgan fingerprint density at radius 1 is 1.20 bits per heavy atom. The Hall–Kier alpha value is -2.50. The molecule has 0 aliphatic heterocycles. The van der Waals surface area contributed by atoms with Gasteiger partial charge in [-0.15, -0.1) is 0 Å². The number of methoxy groups -OCH3 is 1. The first-order valence-electron chi connectivity index (χ1n) is 5.97. The smallest absolute Gasteiger partial charge is 0.260 e. The number of benzene rings is 1. The van der Waals surface area contributed by atoms with Gasteiger partial charge in [-0.1, -0.05) is 0 Å². The first-order chi connectivity index (χ1) is 9.49. The molecule has 0 saturated carbocycles. The van der Waals surface area contributed by atoms with Crippen LogP contribution in [0.5, 0.6) is 5.75 Å². The second-order valence-corrected chi connectivity index (χ2v) is 4.27. The number of halogens is 1. The molecule has 6 heteroatoms. The fourth-order valence-electron chi connectivity index (χ4n) is 1.76. The van der Waals surface area contributed by atoms with E-state index in [2.05, 4.69) is 15.3 Å². The van der Waals surface area contributed by atoms with Gasteiger partial charge in [0, 0.05) is 17.5 Å². The van der Waals surface area contributed by atoms with E-state index < -0.39 is 11.7 Å². The molecule has 0 aliphatic rings. The number of carbonyl (C=O) groups excluding carboxylic acids is 1. The summed E-state index contributed by atoms with van der Waals surface area (Å²) in [5.74, 6) is -0.759. The molecule has 5 nitrogen and oxygen atoms in total. The predicted molar refractivity (Wildman–Crippen MR) is 72.4 cm³/mol. The topological polar surface area (TPSA) is 64.1 Å². The van der Waals surface area contributed by atoms with Gasteiger partial charge in [-0.25, -0.2) is 14.4 Å². The Morgan fingerprint density at radius 2 is 1.85 bits per heavy atom. The van der Waals surface area contributed by atoms with E-state index in [1.165, 1.54) is 19.2 Å². The van der Waals surface area contributed by atoms with Crippen LogP contribution >= 0.6 is 0 Å². The van der Waals surface area contributed by atoms with Crippen molar-refractivity contribution in [3.8, 4) is 5.75 Å². The lowest BCUT2D eigenvalue weighted by Gasteiger charge is -2.07. The van der Waals surface area contributed by atoms with Crippen LogP contribution < -0.4 is 10.1 Å².